The predicted octanol–water partition coefficient (Wildman–Crippen LogP) is 3.11. The molecule has 0 bridgehead atoms. The number of carboxylic acids is 1. The zero-order chi connectivity index (χ0) is 15.7. The minimum atomic E-state index is -0.877. The largest absolute Gasteiger partial charge is 0.481 e. The molecule has 0 aromatic heterocycles. The molecule has 0 spiro atoms. The minimum absolute atomic E-state index is 0.153. The predicted molar refractivity (Wildman–Crippen MR) is 83.5 cm³/mol. The van der Waals surface area contributed by atoms with E-state index in [-0.39, 0.29) is 12.6 Å². The van der Waals surface area contributed by atoms with E-state index in [0.717, 1.165) is 18.5 Å². The van der Waals surface area contributed by atoms with Crippen LogP contribution in [-0.2, 0) is 4.79 Å². The summed E-state index contributed by atoms with van der Waals surface area (Å²) in [5, 5.41) is 11.7. The smallest absolute Gasteiger partial charge is 0.321 e. The molecular weight excluding hydrogens is 268 g/mol. The second kappa shape index (κ2) is 9.00. The molecule has 0 radical (unpaired) electrons. The molecule has 0 saturated heterocycles. The topological polar surface area (TPSA) is 69.6 Å². The van der Waals surface area contributed by atoms with Gasteiger partial charge >= 0.3 is 12.0 Å². The number of aliphatic carboxylic acids is 1. The van der Waals surface area contributed by atoms with Crippen LogP contribution in [0.1, 0.15) is 33.1 Å². The fraction of sp³-hybridized carbons (Fsp3) is 0.500. The van der Waals surface area contributed by atoms with Crippen molar-refractivity contribution in [3.63, 3.8) is 0 Å². The Morgan fingerprint density at radius 2 is 1.90 bits per heavy atom. The zero-order valence-electron chi connectivity index (χ0n) is 12.7. The van der Waals surface area contributed by atoms with Crippen molar-refractivity contribution in [1.82, 2.24) is 5.32 Å². The Kier molecular flexibility index (Phi) is 7.29. The highest BCUT2D eigenvalue weighted by Crippen LogP contribution is 2.14. The maximum atomic E-state index is 12.3. The fourth-order valence-corrected chi connectivity index (χ4v) is 1.98. The second-order valence-corrected chi connectivity index (χ2v) is 4.97. The summed E-state index contributed by atoms with van der Waals surface area (Å²) in [7, 11) is 0. The maximum Gasteiger partial charge on any atom is 0.321 e. The zero-order valence-corrected chi connectivity index (χ0v) is 12.7. The summed E-state index contributed by atoms with van der Waals surface area (Å²) in [6.07, 6.45) is 2.39. The number of benzene rings is 1. The molecular formula is C16H24N2O3. The Labute approximate surface area is 126 Å². The summed E-state index contributed by atoms with van der Waals surface area (Å²) in [6.45, 7) is 4.64. The van der Waals surface area contributed by atoms with E-state index in [4.69, 9.17) is 5.11 Å². The summed E-state index contributed by atoms with van der Waals surface area (Å²) in [6, 6.07) is 9.18. The molecule has 1 rings (SSSR count). The molecule has 0 fully saturated rings. The highest BCUT2D eigenvalue weighted by atomic mass is 16.4. The molecule has 1 aromatic rings. The van der Waals surface area contributed by atoms with Gasteiger partial charge in [-0.2, -0.15) is 0 Å². The van der Waals surface area contributed by atoms with Crippen LogP contribution in [0, 0.1) is 5.92 Å². The molecule has 0 heterocycles. The number of carboxylic acid groups (broad SMARTS) is 1. The first-order valence-corrected chi connectivity index (χ1v) is 7.43. The van der Waals surface area contributed by atoms with Crippen molar-refractivity contribution < 1.29 is 14.7 Å². The van der Waals surface area contributed by atoms with Gasteiger partial charge in [-0.3, -0.25) is 9.69 Å². The molecule has 1 unspecified atom stereocenters. The second-order valence-electron chi connectivity index (χ2n) is 4.97. The van der Waals surface area contributed by atoms with Crippen molar-refractivity contribution in [3.8, 4) is 0 Å². The Morgan fingerprint density at radius 3 is 2.43 bits per heavy atom. The summed E-state index contributed by atoms with van der Waals surface area (Å²) in [5.41, 5.74) is 0.826. The number of urea groups is 1. The van der Waals surface area contributed by atoms with Crippen molar-refractivity contribution in [2.24, 2.45) is 5.92 Å². The van der Waals surface area contributed by atoms with E-state index < -0.39 is 11.9 Å². The maximum absolute atomic E-state index is 12.3. The first kappa shape index (κ1) is 17.0. The first-order valence-electron chi connectivity index (χ1n) is 7.43. The van der Waals surface area contributed by atoms with E-state index in [1.807, 2.05) is 30.3 Å². The van der Waals surface area contributed by atoms with Crippen molar-refractivity contribution >= 4 is 17.7 Å². The summed E-state index contributed by atoms with van der Waals surface area (Å²) in [4.78, 5) is 25.0. The number of para-hydroxylation sites is 1. The van der Waals surface area contributed by atoms with E-state index in [1.165, 1.54) is 0 Å². The normalized spacial score (nSPS) is 11.7. The molecule has 0 aliphatic carbocycles. The van der Waals surface area contributed by atoms with Gasteiger partial charge in [0.1, 0.15) is 0 Å². The molecule has 2 amide bonds. The lowest BCUT2D eigenvalue weighted by Gasteiger charge is -2.24. The number of anilines is 1. The number of hydrogen-bond acceptors (Lipinski definition) is 2. The van der Waals surface area contributed by atoms with Gasteiger partial charge in [-0.1, -0.05) is 38.5 Å². The highest BCUT2D eigenvalue weighted by molar-refractivity contribution is 5.92. The highest BCUT2D eigenvalue weighted by Gasteiger charge is 2.19. The van der Waals surface area contributed by atoms with Crippen molar-refractivity contribution in [3.05, 3.63) is 30.3 Å². The molecule has 1 aromatic carbocycles. The van der Waals surface area contributed by atoms with Crippen molar-refractivity contribution in [2.45, 2.75) is 33.1 Å². The third kappa shape index (κ3) is 5.45. The number of carbonyl (C=O) groups excluding carboxylic acids is 1. The average Bonchev–Trinajstić information content (AvgIpc) is 2.49. The standard InChI is InChI=1S/C16H24N2O3/c1-3-5-11-18(14-9-7-6-8-10-14)16(21)17-12-13(4-2)15(19)20/h6-10,13H,3-5,11-12H2,1-2H3,(H,17,21)(H,19,20). The lowest BCUT2D eigenvalue weighted by atomic mass is 10.1. The number of carbonyl (C=O) groups is 2. The third-order valence-corrected chi connectivity index (χ3v) is 3.39. The molecule has 1 atom stereocenters. The van der Waals surface area contributed by atoms with Crippen LogP contribution in [-0.4, -0.2) is 30.2 Å². The molecule has 116 valence electrons. The van der Waals surface area contributed by atoms with Crippen molar-refractivity contribution in [1.29, 1.82) is 0 Å². The van der Waals surface area contributed by atoms with Crippen LogP contribution >= 0.6 is 0 Å². The Bertz CT molecular complexity index is 448. The number of amides is 2. The van der Waals surface area contributed by atoms with Gasteiger partial charge < -0.3 is 10.4 Å². The first-order chi connectivity index (χ1) is 10.1. The lowest BCUT2D eigenvalue weighted by Crippen LogP contribution is -2.43. The number of unbranched alkanes of at least 4 members (excludes halogenated alkanes) is 1. The summed E-state index contributed by atoms with van der Waals surface area (Å²) in [5.74, 6) is -1.42. The Morgan fingerprint density at radius 1 is 1.24 bits per heavy atom. The quantitative estimate of drug-likeness (QED) is 0.773. The van der Waals surface area contributed by atoms with Gasteiger partial charge in [-0.25, -0.2) is 4.79 Å². The number of nitrogens with zero attached hydrogens (tertiary/aromatic N) is 1. The molecule has 0 aliphatic rings. The van der Waals surface area contributed by atoms with Crippen molar-refractivity contribution in [2.75, 3.05) is 18.0 Å². The van der Waals surface area contributed by atoms with Gasteiger partial charge in [0.05, 0.1) is 5.92 Å². The molecule has 21 heavy (non-hydrogen) atoms. The fourth-order valence-electron chi connectivity index (χ4n) is 1.98. The molecule has 0 aliphatic heterocycles. The van der Waals surface area contributed by atoms with Crippen LogP contribution in [0.25, 0.3) is 0 Å². The summed E-state index contributed by atoms with van der Waals surface area (Å²) >= 11 is 0. The SMILES string of the molecule is CCCCN(C(=O)NCC(CC)C(=O)O)c1ccccc1. The van der Waals surface area contributed by atoms with Gasteiger partial charge in [-0.15, -0.1) is 0 Å². The summed E-state index contributed by atoms with van der Waals surface area (Å²) < 4.78 is 0. The monoisotopic (exact) mass is 292 g/mol. The van der Waals surface area contributed by atoms with Crippen LogP contribution in [0.3, 0.4) is 0 Å². The van der Waals surface area contributed by atoms with Gasteiger partial charge in [0.25, 0.3) is 0 Å². The van der Waals surface area contributed by atoms with Crippen LogP contribution in [0.2, 0.25) is 0 Å². The molecule has 0 saturated carbocycles. The average molecular weight is 292 g/mol. The van der Waals surface area contributed by atoms with Gasteiger partial charge in [0.2, 0.25) is 0 Å². The minimum Gasteiger partial charge on any atom is -0.481 e. The molecule has 5 nitrogen and oxygen atoms in total. The van der Waals surface area contributed by atoms with E-state index in [1.54, 1.807) is 11.8 Å². The third-order valence-electron chi connectivity index (χ3n) is 3.39. The van der Waals surface area contributed by atoms with Crippen LogP contribution in [0.5, 0.6) is 0 Å². The Balaban J connectivity index is 2.70. The van der Waals surface area contributed by atoms with E-state index in [2.05, 4.69) is 12.2 Å². The van der Waals surface area contributed by atoms with Crippen LogP contribution in [0.4, 0.5) is 10.5 Å². The van der Waals surface area contributed by atoms with E-state index in [9.17, 15) is 9.59 Å². The lowest BCUT2D eigenvalue weighted by molar-refractivity contribution is -0.141. The number of rotatable bonds is 8. The number of nitrogens with one attached hydrogen (secondary N) is 1. The van der Waals surface area contributed by atoms with Gasteiger partial charge in [0.15, 0.2) is 0 Å². The van der Waals surface area contributed by atoms with Crippen LogP contribution < -0.4 is 10.2 Å². The molecule has 2 N–H and O–H groups in total. The molecule has 5 heteroatoms. The van der Waals surface area contributed by atoms with E-state index >= 15 is 0 Å². The van der Waals surface area contributed by atoms with Gasteiger partial charge in [0, 0.05) is 18.8 Å². The van der Waals surface area contributed by atoms with Gasteiger partial charge in [-0.05, 0) is 25.0 Å². The van der Waals surface area contributed by atoms with E-state index in [0.29, 0.717) is 13.0 Å². The van der Waals surface area contributed by atoms with Crippen LogP contribution in [0.15, 0.2) is 30.3 Å². The Hall–Kier alpha value is -2.04. The number of hydrogen-bond donors (Lipinski definition) is 2.